The van der Waals surface area contributed by atoms with E-state index in [4.69, 9.17) is 5.73 Å². The molecule has 4 N–H and O–H groups in total. The molecule has 0 saturated heterocycles. The van der Waals surface area contributed by atoms with Crippen LogP contribution in [0.2, 0.25) is 0 Å². The molecule has 0 bridgehead atoms. The van der Waals surface area contributed by atoms with E-state index in [9.17, 15) is 4.79 Å². The van der Waals surface area contributed by atoms with Gasteiger partial charge in [-0.05, 0) is 51.5 Å². The summed E-state index contributed by atoms with van der Waals surface area (Å²) in [6, 6.07) is 5.55. The van der Waals surface area contributed by atoms with E-state index in [1.165, 1.54) is 0 Å². The molecule has 4 nitrogen and oxygen atoms in total. The quantitative estimate of drug-likeness (QED) is 0.698. The summed E-state index contributed by atoms with van der Waals surface area (Å²) >= 11 is 0. The van der Waals surface area contributed by atoms with E-state index in [1.54, 1.807) is 0 Å². The minimum Gasteiger partial charge on any atom is -0.399 e. The number of carbonyl (C=O) groups is 1. The molecule has 0 fully saturated rings. The third-order valence-corrected chi connectivity index (χ3v) is 2.31. The largest absolute Gasteiger partial charge is 0.399 e. The summed E-state index contributed by atoms with van der Waals surface area (Å²) in [5.41, 5.74) is 8.39. The number of aryl methyl sites for hydroxylation is 1. The summed E-state index contributed by atoms with van der Waals surface area (Å²) in [6.07, 6.45) is 0. The van der Waals surface area contributed by atoms with Gasteiger partial charge in [0.2, 0.25) is 5.91 Å². The number of amides is 1. The van der Waals surface area contributed by atoms with E-state index in [0.29, 0.717) is 5.69 Å². The molecule has 0 aliphatic heterocycles. The van der Waals surface area contributed by atoms with Crippen LogP contribution in [-0.2, 0) is 4.79 Å². The van der Waals surface area contributed by atoms with E-state index >= 15 is 0 Å². The first-order chi connectivity index (χ1) is 7.88. The van der Waals surface area contributed by atoms with Gasteiger partial charge in [-0.3, -0.25) is 4.79 Å². The molecule has 0 radical (unpaired) electrons. The molecule has 1 rings (SSSR count). The molecule has 0 aliphatic rings. The van der Waals surface area contributed by atoms with Crippen LogP contribution < -0.4 is 16.4 Å². The molecule has 1 amide bonds. The lowest BCUT2D eigenvalue weighted by molar-refractivity contribution is -0.122. The number of anilines is 2. The Balaban J connectivity index is 2.67. The van der Waals surface area contributed by atoms with Gasteiger partial charge in [0, 0.05) is 17.4 Å². The normalized spacial score (nSPS) is 12.3. The van der Waals surface area contributed by atoms with Gasteiger partial charge in [0.05, 0.1) is 0 Å². The lowest BCUT2D eigenvalue weighted by Gasteiger charge is -2.17. The molecule has 0 heterocycles. The van der Waals surface area contributed by atoms with Crippen LogP contribution in [-0.4, -0.2) is 18.0 Å². The molecule has 94 valence electrons. The van der Waals surface area contributed by atoms with Crippen LogP contribution in [0.5, 0.6) is 0 Å². The molecule has 1 atom stereocenters. The third kappa shape index (κ3) is 4.34. The van der Waals surface area contributed by atoms with Gasteiger partial charge in [0.15, 0.2) is 0 Å². The maximum absolute atomic E-state index is 11.7. The monoisotopic (exact) mass is 235 g/mol. The highest BCUT2D eigenvalue weighted by Gasteiger charge is 2.13. The van der Waals surface area contributed by atoms with Crippen LogP contribution >= 0.6 is 0 Å². The molecule has 0 saturated carbocycles. The van der Waals surface area contributed by atoms with Crippen LogP contribution in [0.25, 0.3) is 0 Å². The van der Waals surface area contributed by atoms with Crippen molar-refractivity contribution in [2.45, 2.75) is 39.8 Å². The molecule has 17 heavy (non-hydrogen) atoms. The van der Waals surface area contributed by atoms with Gasteiger partial charge < -0.3 is 16.4 Å². The first-order valence-electron chi connectivity index (χ1n) is 5.82. The highest BCUT2D eigenvalue weighted by atomic mass is 16.2. The Morgan fingerprint density at radius 2 is 1.88 bits per heavy atom. The summed E-state index contributed by atoms with van der Waals surface area (Å²) < 4.78 is 0. The standard InChI is InChI=1S/C13H21N3O/c1-8(2)15-13(17)10(4)16-12-6-9(3)5-11(14)7-12/h5-8,10,16H,14H2,1-4H3,(H,15,17). The maximum Gasteiger partial charge on any atom is 0.242 e. The predicted octanol–water partition coefficient (Wildman–Crippen LogP) is 1.90. The van der Waals surface area contributed by atoms with Crippen molar-refractivity contribution in [1.82, 2.24) is 5.32 Å². The molecule has 1 unspecified atom stereocenters. The van der Waals surface area contributed by atoms with Gasteiger partial charge in [-0.1, -0.05) is 0 Å². The van der Waals surface area contributed by atoms with E-state index < -0.39 is 0 Å². The lowest BCUT2D eigenvalue weighted by Crippen LogP contribution is -2.40. The zero-order valence-electron chi connectivity index (χ0n) is 10.9. The Morgan fingerprint density at radius 1 is 1.24 bits per heavy atom. The summed E-state index contributed by atoms with van der Waals surface area (Å²) in [5.74, 6) is -0.0138. The Hall–Kier alpha value is -1.71. The lowest BCUT2D eigenvalue weighted by atomic mass is 10.2. The number of hydrogen-bond acceptors (Lipinski definition) is 3. The minimum absolute atomic E-state index is 0.0138. The van der Waals surface area contributed by atoms with Crippen molar-refractivity contribution in [1.29, 1.82) is 0 Å². The molecule has 0 aromatic heterocycles. The number of carbonyl (C=O) groups excluding carboxylic acids is 1. The van der Waals surface area contributed by atoms with E-state index in [0.717, 1.165) is 11.3 Å². The van der Waals surface area contributed by atoms with Crippen LogP contribution in [0.3, 0.4) is 0 Å². The van der Waals surface area contributed by atoms with E-state index in [-0.39, 0.29) is 18.0 Å². The second kappa shape index (κ2) is 5.57. The van der Waals surface area contributed by atoms with Crippen molar-refractivity contribution >= 4 is 17.3 Å². The Labute approximate surface area is 103 Å². The molecule has 1 aromatic rings. The smallest absolute Gasteiger partial charge is 0.242 e. The first-order valence-corrected chi connectivity index (χ1v) is 5.82. The highest BCUT2D eigenvalue weighted by molar-refractivity contribution is 5.84. The van der Waals surface area contributed by atoms with Crippen LogP contribution in [0, 0.1) is 6.92 Å². The summed E-state index contributed by atoms with van der Waals surface area (Å²) in [4.78, 5) is 11.7. The fourth-order valence-corrected chi connectivity index (χ4v) is 1.62. The Morgan fingerprint density at radius 3 is 2.41 bits per heavy atom. The SMILES string of the molecule is Cc1cc(N)cc(NC(C)C(=O)NC(C)C)c1. The molecular weight excluding hydrogens is 214 g/mol. The zero-order chi connectivity index (χ0) is 13.0. The Kier molecular flexibility index (Phi) is 4.37. The molecule has 1 aromatic carbocycles. The van der Waals surface area contributed by atoms with Crippen molar-refractivity contribution in [3.63, 3.8) is 0 Å². The van der Waals surface area contributed by atoms with Gasteiger partial charge in [-0.25, -0.2) is 0 Å². The molecule has 0 aliphatic carbocycles. The zero-order valence-corrected chi connectivity index (χ0v) is 10.9. The minimum atomic E-state index is -0.279. The topological polar surface area (TPSA) is 67.1 Å². The van der Waals surface area contributed by atoms with Crippen molar-refractivity contribution in [2.24, 2.45) is 0 Å². The fourth-order valence-electron chi connectivity index (χ4n) is 1.62. The van der Waals surface area contributed by atoms with Gasteiger partial charge >= 0.3 is 0 Å². The molecule has 4 heteroatoms. The van der Waals surface area contributed by atoms with Crippen LogP contribution in [0.15, 0.2) is 18.2 Å². The fraction of sp³-hybridized carbons (Fsp3) is 0.462. The number of hydrogen-bond donors (Lipinski definition) is 3. The van der Waals surface area contributed by atoms with Crippen molar-refractivity contribution in [3.8, 4) is 0 Å². The molecular formula is C13H21N3O. The number of rotatable bonds is 4. The predicted molar refractivity (Wildman–Crippen MR) is 72.0 cm³/mol. The van der Waals surface area contributed by atoms with Gasteiger partial charge in [0.1, 0.15) is 6.04 Å². The van der Waals surface area contributed by atoms with Gasteiger partial charge in [-0.2, -0.15) is 0 Å². The number of nitrogens with one attached hydrogen (secondary N) is 2. The summed E-state index contributed by atoms with van der Waals surface area (Å²) in [7, 11) is 0. The summed E-state index contributed by atoms with van der Waals surface area (Å²) in [6.45, 7) is 7.68. The van der Waals surface area contributed by atoms with Gasteiger partial charge in [0.25, 0.3) is 0 Å². The van der Waals surface area contributed by atoms with Crippen molar-refractivity contribution < 1.29 is 4.79 Å². The van der Waals surface area contributed by atoms with E-state index in [2.05, 4.69) is 10.6 Å². The second-order valence-corrected chi connectivity index (χ2v) is 4.66. The first kappa shape index (κ1) is 13.4. The number of nitrogen functional groups attached to an aromatic ring is 1. The van der Waals surface area contributed by atoms with Crippen molar-refractivity contribution in [2.75, 3.05) is 11.1 Å². The van der Waals surface area contributed by atoms with Gasteiger partial charge in [-0.15, -0.1) is 0 Å². The Bertz CT molecular complexity index is 381. The summed E-state index contributed by atoms with van der Waals surface area (Å²) in [5, 5.41) is 6.00. The average molecular weight is 235 g/mol. The number of benzene rings is 1. The second-order valence-electron chi connectivity index (χ2n) is 4.66. The molecule has 0 spiro atoms. The van der Waals surface area contributed by atoms with E-state index in [1.807, 2.05) is 45.9 Å². The van der Waals surface area contributed by atoms with Crippen LogP contribution in [0.1, 0.15) is 26.3 Å². The van der Waals surface area contributed by atoms with Crippen LogP contribution in [0.4, 0.5) is 11.4 Å². The van der Waals surface area contributed by atoms with Crippen molar-refractivity contribution in [3.05, 3.63) is 23.8 Å². The highest BCUT2D eigenvalue weighted by Crippen LogP contribution is 2.16. The average Bonchev–Trinajstić information content (AvgIpc) is 2.14. The third-order valence-electron chi connectivity index (χ3n) is 2.31. The number of nitrogens with two attached hydrogens (primary N) is 1. The maximum atomic E-state index is 11.7.